The van der Waals surface area contributed by atoms with Crippen LogP contribution in [0.1, 0.15) is 17.6 Å². The molecular weight excluding hydrogens is 369 g/mol. The van der Waals surface area contributed by atoms with E-state index in [2.05, 4.69) is 0 Å². The topological polar surface area (TPSA) is 42.3 Å². The molecule has 3 aromatic rings. The molecule has 144 valence electrons. The summed E-state index contributed by atoms with van der Waals surface area (Å²) in [6.07, 6.45) is -2.76. The maximum absolute atomic E-state index is 13.1. The van der Waals surface area contributed by atoms with Crippen molar-refractivity contribution in [2.45, 2.75) is 25.1 Å². The molecule has 0 radical (unpaired) electrons. The number of para-hydroxylation sites is 1. The van der Waals surface area contributed by atoms with Gasteiger partial charge in [-0.2, -0.15) is 13.2 Å². The number of rotatable bonds is 2. The van der Waals surface area contributed by atoms with E-state index < -0.39 is 24.0 Å². The Bertz CT molecular complexity index is 1040. The zero-order valence-electron chi connectivity index (χ0n) is 14.8. The summed E-state index contributed by atoms with van der Waals surface area (Å²) in [5.74, 6) is -2.48. The van der Waals surface area contributed by atoms with Crippen LogP contribution < -0.4 is 0 Å². The number of hydrogen-bond donors (Lipinski definition) is 0. The molecule has 2 aromatic carbocycles. The van der Waals surface area contributed by atoms with Crippen LogP contribution in [0, 0.1) is 0 Å². The monoisotopic (exact) mass is 386 g/mol. The number of likely N-dealkylation sites (tertiary alicyclic amines) is 1. The number of aromatic nitrogens is 1. The zero-order valence-corrected chi connectivity index (χ0v) is 14.8. The predicted molar refractivity (Wildman–Crippen MR) is 98.8 cm³/mol. The lowest BCUT2D eigenvalue weighted by Crippen LogP contribution is -2.48. The molecule has 1 fully saturated rings. The van der Waals surface area contributed by atoms with Crippen LogP contribution in [0.15, 0.2) is 60.8 Å². The quantitative estimate of drug-likeness (QED) is 0.651. The Labute approximate surface area is 159 Å². The maximum atomic E-state index is 13.1. The maximum Gasteiger partial charge on any atom is 0.471 e. The number of carbonyl (C=O) groups excluding carboxylic acids is 2. The van der Waals surface area contributed by atoms with Crippen LogP contribution in [0.4, 0.5) is 13.2 Å². The second kappa shape index (κ2) is 6.82. The highest BCUT2D eigenvalue weighted by atomic mass is 19.4. The number of nitrogens with zero attached hydrogens (tertiary/aromatic N) is 2. The minimum atomic E-state index is -4.99. The highest BCUT2D eigenvalue weighted by Crippen LogP contribution is 2.32. The van der Waals surface area contributed by atoms with Crippen molar-refractivity contribution in [1.29, 1.82) is 0 Å². The Morgan fingerprint density at radius 3 is 2.36 bits per heavy atom. The van der Waals surface area contributed by atoms with Crippen LogP contribution in [-0.4, -0.2) is 40.0 Å². The molecular formula is C21H17F3N2O2. The normalized spacial score (nSPS) is 17.2. The number of halogens is 3. The average molecular weight is 386 g/mol. The van der Waals surface area contributed by atoms with Gasteiger partial charge in [0.1, 0.15) is 6.04 Å². The molecule has 1 amide bonds. The van der Waals surface area contributed by atoms with Crippen LogP contribution in [0.3, 0.4) is 0 Å². The molecule has 4 nitrogen and oxygen atoms in total. The Kier molecular flexibility index (Phi) is 4.45. The van der Waals surface area contributed by atoms with Gasteiger partial charge in [0.05, 0.1) is 5.52 Å². The minimum Gasteiger partial charge on any atom is -0.323 e. The number of fused-ring (bicyclic) bond motifs is 1. The van der Waals surface area contributed by atoms with Gasteiger partial charge in [0.25, 0.3) is 5.91 Å². The van der Waals surface area contributed by atoms with Crippen molar-refractivity contribution in [1.82, 2.24) is 9.47 Å². The molecule has 1 aliphatic rings. The van der Waals surface area contributed by atoms with E-state index in [1.807, 2.05) is 42.5 Å². The van der Waals surface area contributed by atoms with E-state index in [9.17, 15) is 22.8 Å². The predicted octanol–water partition coefficient (Wildman–Crippen LogP) is 4.50. The van der Waals surface area contributed by atoms with Gasteiger partial charge >= 0.3 is 12.1 Å². The van der Waals surface area contributed by atoms with Crippen molar-refractivity contribution in [3.8, 4) is 11.1 Å². The second-order valence-electron chi connectivity index (χ2n) is 6.79. The molecule has 4 rings (SSSR count). The Morgan fingerprint density at radius 2 is 1.64 bits per heavy atom. The molecule has 0 bridgehead atoms. The minimum absolute atomic E-state index is 0.0699. The summed E-state index contributed by atoms with van der Waals surface area (Å²) < 4.78 is 40.1. The third-order valence-corrected chi connectivity index (χ3v) is 5.08. The molecule has 0 N–H and O–H groups in total. The van der Waals surface area contributed by atoms with E-state index in [-0.39, 0.29) is 13.0 Å². The van der Waals surface area contributed by atoms with Crippen LogP contribution in [0.2, 0.25) is 0 Å². The molecule has 0 spiro atoms. The summed E-state index contributed by atoms with van der Waals surface area (Å²) in [7, 11) is 0. The van der Waals surface area contributed by atoms with Gasteiger partial charge in [-0.15, -0.1) is 0 Å². The highest BCUT2D eigenvalue weighted by molar-refractivity contribution is 6.03. The first kappa shape index (κ1) is 18.3. The van der Waals surface area contributed by atoms with Crippen molar-refractivity contribution in [2.75, 3.05) is 6.54 Å². The Balaban J connectivity index is 1.77. The van der Waals surface area contributed by atoms with Crippen molar-refractivity contribution in [2.24, 2.45) is 0 Å². The van der Waals surface area contributed by atoms with Gasteiger partial charge in [0.15, 0.2) is 0 Å². The van der Waals surface area contributed by atoms with Crippen LogP contribution >= 0.6 is 0 Å². The molecule has 2 heterocycles. The summed E-state index contributed by atoms with van der Waals surface area (Å²) in [4.78, 5) is 25.5. The lowest BCUT2D eigenvalue weighted by molar-refractivity contribution is -0.185. The fourth-order valence-electron chi connectivity index (χ4n) is 3.80. The third-order valence-electron chi connectivity index (χ3n) is 5.08. The summed E-state index contributed by atoms with van der Waals surface area (Å²) in [5, 5.41) is 0.828. The summed E-state index contributed by atoms with van der Waals surface area (Å²) in [6, 6.07) is 15.6. The van der Waals surface area contributed by atoms with Crippen molar-refractivity contribution < 1.29 is 22.8 Å². The first-order chi connectivity index (χ1) is 13.4. The first-order valence-corrected chi connectivity index (χ1v) is 8.95. The SMILES string of the molecule is O=C([C@@H]1CCCN1C(=O)C(F)(F)F)n1cc(-c2ccccc2)c2ccccc21. The van der Waals surface area contributed by atoms with Crippen molar-refractivity contribution in [3.05, 3.63) is 60.8 Å². The van der Waals surface area contributed by atoms with Gasteiger partial charge in [-0.05, 0) is 24.5 Å². The lowest BCUT2D eigenvalue weighted by Gasteiger charge is -2.24. The van der Waals surface area contributed by atoms with E-state index in [0.29, 0.717) is 16.8 Å². The number of carbonyl (C=O) groups is 2. The van der Waals surface area contributed by atoms with E-state index >= 15 is 0 Å². The molecule has 1 atom stereocenters. The molecule has 1 saturated heterocycles. The Morgan fingerprint density at radius 1 is 0.964 bits per heavy atom. The van der Waals surface area contributed by atoms with Crippen LogP contribution in [0.5, 0.6) is 0 Å². The summed E-state index contributed by atoms with van der Waals surface area (Å²) in [5.41, 5.74) is 2.33. The fourth-order valence-corrected chi connectivity index (χ4v) is 3.80. The molecule has 1 aliphatic heterocycles. The van der Waals surface area contributed by atoms with Gasteiger partial charge in [0, 0.05) is 23.7 Å². The van der Waals surface area contributed by atoms with Gasteiger partial charge in [0.2, 0.25) is 0 Å². The van der Waals surface area contributed by atoms with Crippen molar-refractivity contribution >= 4 is 22.7 Å². The molecule has 7 heteroatoms. The standard InChI is InChI=1S/C21H17F3N2O2/c22-21(23,24)20(28)25-12-6-11-18(25)19(27)26-13-16(14-7-2-1-3-8-14)15-9-4-5-10-17(15)26/h1-5,7-10,13,18H,6,11-12H2/t18-/m0/s1. The number of hydrogen-bond acceptors (Lipinski definition) is 2. The number of benzene rings is 2. The first-order valence-electron chi connectivity index (χ1n) is 8.95. The smallest absolute Gasteiger partial charge is 0.323 e. The number of alkyl halides is 3. The largest absolute Gasteiger partial charge is 0.471 e. The average Bonchev–Trinajstić information content (AvgIpc) is 3.32. The lowest BCUT2D eigenvalue weighted by atomic mass is 10.1. The van der Waals surface area contributed by atoms with E-state index in [1.54, 1.807) is 18.3 Å². The fraction of sp³-hybridized carbons (Fsp3) is 0.238. The van der Waals surface area contributed by atoms with Crippen LogP contribution in [-0.2, 0) is 4.79 Å². The summed E-state index contributed by atoms with van der Waals surface area (Å²) >= 11 is 0. The molecule has 0 unspecified atom stereocenters. The zero-order chi connectivity index (χ0) is 19.9. The van der Waals surface area contributed by atoms with E-state index in [0.717, 1.165) is 16.5 Å². The molecule has 1 aromatic heterocycles. The Hall–Kier alpha value is -3.09. The van der Waals surface area contributed by atoms with Gasteiger partial charge < -0.3 is 4.90 Å². The van der Waals surface area contributed by atoms with Gasteiger partial charge in [-0.1, -0.05) is 48.5 Å². The molecule has 28 heavy (non-hydrogen) atoms. The molecule has 0 saturated carbocycles. The third kappa shape index (κ3) is 3.06. The van der Waals surface area contributed by atoms with Crippen molar-refractivity contribution in [3.63, 3.8) is 0 Å². The van der Waals surface area contributed by atoms with Gasteiger partial charge in [-0.3, -0.25) is 14.2 Å². The van der Waals surface area contributed by atoms with Crippen LogP contribution in [0.25, 0.3) is 22.0 Å². The number of amides is 1. The van der Waals surface area contributed by atoms with Gasteiger partial charge in [-0.25, -0.2) is 0 Å². The second-order valence-corrected chi connectivity index (χ2v) is 6.79. The highest BCUT2D eigenvalue weighted by Gasteiger charge is 2.48. The molecule has 0 aliphatic carbocycles. The summed E-state index contributed by atoms with van der Waals surface area (Å²) in [6.45, 7) is -0.0699. The van der Waals surface area contributed by atoms with E-state index in [4.69, 9.17) is 0 Å². The van der Waals surface area contributed by atoms with E-state index in [1.165, 1.54) is 4.57 Å².